The molecular formula is C13H11NO3. The third kappa shape index (κ3) is 2.45. The van der Waals surface area contributed by atoms with Gasteiger partial charge in [-0.2, -0.15) is 5.26 Å². The van der Waals surface area contributed by atoms with Gasteiger partial charge < -0.3 is 9.47 Å². The quantitative estimate of drug-likeness (QED) is 0.728. The van der Waals surface area contributed by atoms with Gasteiger partial charge in [0.2, 0.25) is 0 Å². The van der Waals surface area contributed by atoms with E-state index in [9.17, 15) is 4.79 Å². The molecule has 1 aliphatic heterocycles. The molecule has 0 atom stereocenters. The zero-order valence-electron chi connectivity index (χ0n) is 9.40. The monoisotopic (exact) mass is 229 g/mol. The van der Waals surface area contributed by atoms with E-state index < -0.39 is 0 Å². The molecule has 2 rings (SSSR count). The van der Waals surface area contributed by atoms with E-state index in [1.54, 1.807) is 12.1 Å². The first-order chi connectivity index (χ1) is 8.20. The standard InChI is InChI=1S/C13H11NO3/c1-9(15)17-8-10-2-3-12-11(7-14)4-5-16-13(12)6-10/h2-4,6H,5,8H2,1H3. The molecule has 1 heterocycles. The van der Waals surface area contributed by atoms with Gasteiger partial charge in [-0.1, -0.05) is 6.07 Å². The molecule has 0 N–H and O–H groups in total. The zero-order valence-corrected chi connectivity index (χ0v) is 9.40. The minimum Gasteiger partial charge on any atom is -0.489 e. The Morgan fingerprint density at radius 2 is 2.41 bits per heavy atom. The minimum absolute atomic E-state index is 0.220. The van der Waals surface area contributed by atoms with Crippen molar-refractivity contribution in [2.24, 2.45) is 0 Å². The summed E-state index contributed by atoms with van der Waals surface area (Å²) in [6.07, 6.45) is 1.74. The zero-order chi connectivity index (χ0) is 12.3. The Morgan fingerprint density at radius 1 is 1.59 bits per heavy atom. The average molecular weight is 229 g/mol. The third-order valence-electron chi connectivity index (χ3n) is 2.43. The molecule has 0 fully saturated rings. The van der Waals surface area contributed by atoms with Gasteiger partial charge in [-0.15, -0.1) is 0 Å². The highest BCUT2D eigenvalue weighted by atomic mass is 16.5. The van der Waals surface area contributed by atoms with Crippen molar-refractivity contribution in [2.75, 3.05) is 6.61 Å². The number of allylic oxidation sites excluding steroid dienone is 1. The first-order valence-corrected chi connectivity index (χ1v) is 5.20. The van der Waals surface area contributed by atoms with Crippen molar-refractivity contribution in [2.45, 2.75) is 13.5 Å². The smallest absolute Gasteiger partial charge is 0.302 e. The van der Waals surface area contributed by atoms with E-state index in [-0.39, 0.29) is 12.6 Å². The second kappa shape index (κ2) is 4.71. The van der Waals surface area contributed by atoms with Crippen LogP contribution in [0.15, 0.2) is 24.3 Å². The molecule has 86 valence electrons. The molecule has 0 amide bonds. The number of carbonyl (C=O) groups excluding carboxylic acids is 1. The number of benzene rings is 1. The summed E-state index contributed by atoms with van der Waals surface area (Å²) in [6, 6.07) is 7.55. The number of hydrogen-bond acceptors (Lipinski definition) is 4. The number of nitriles is 1. The van der Waals surface area contributed by atoms with Crippen LogP contribution in [-0.2, 0) is 16.1 Å². The average Bonchev–Trinajstić information content (AvgIpc) is 2.35. The van der Waals surface area contributed by atoms with Crippen LogP contribution < -0.4 is 4.74 Å². The van der Waals surface area contributed by atoms with E-state index >= 15 is 0 Å². The van der Waals surface area contributed by atoms with Gasteiger partial charge in [0.25, 0.3) is 0 Å². The van der Waals surface area contributed by atoms with Gasteiger partial charge in [-0.25, -0.2) is 0 Å². The number of hydrogen-bond donors (Lipinski definition) is 0. The van der Waals surface area contributed by atoms with Crippen LogP contribution >= 0.6 is 0 Å². The predicted octanol–water partition coefficient (Wildman–Crippen LogP) is 2.05. The fourth-order valence-corrected chi connectivity index (χ4v) is 1.61. The highest BCUT2D eigenvalue weighted by Crippen LogP contribution is 2.30. The van der Waals surface area contributed by atoms with E-state index in [0.717, 1.165) is 11.1 Å². The van der Waals surface area contributed by atoms with E-state index in [0.29, 0.717) is 17.9 Å². The van der Waals surface area contributed by atoms with Crippen LogP contribution in [0.5, 0.6) is 5.75 Å². The van der Waals surface area contributed by atoms with Gasteiger partial charge in [-0.3, -0.25) is 4.79 Å². The van der Waals surface area contributed by atoms with Gasteiger partial charge in [0.05, 0.1) is 11.6 Å². The largest absolute Gasteiger partial charge is 0.489 e. The molecule has 17 heavy (non-hydrogen) atoms. The fourth-order valence-electron chi connectivity index (χ4n) is 1.61. The summed E-state index contributed by atoms with van der Waals surface area (Å²) in [5.74, 6) is 0.343. The Hall–Kier alpha value is -2.28. The summed E-state index contributed by atoms with van der Waals surface area (Å²) in [5.41, 5.74) is 2.24. The second-order valence-electron chi connectivity index (χ2n) is 3.65. The van der Waals surface area contributed by atoms with E-state index in [1.165, 1.54) is 6.92 Å². The van der Waals surface area contributed by atoms with Crippen molar-refractivity contribution in [3.05, 3.63) is 35.4 Å². The maximum Gasteiger partial charge on any atom is 0.302 e. The molecule has 0 radical (unpaired) electrons. The highest BCUT2D eigenvalue weighted by Gasteiger charge is 2.14. The van der Waals surface area contributed by atoms with Gasteiger partial charge in [0, 0.05) is 12.5 Å². The number of esters is 1. The van der Waals surface area contributed by atoms with E-state index in [1.807, 2.05) is 12.1 Å². The predicted molar refractivity (Wildman–Crippen MR) is 61.0 cm³/mol. The molecule has 1 aromatic rings. The Balaban J connectivity index is 2.24. The minimum atomic E-state index is -0.318. The molecule has 0 saturated carbocycles. The van der Waals surface area contributed by atoms with Crippen molar-refractivity contribution in [3.8, 4) is 11.8 Å². The van der Waals surface area contributed by atoms with Crippen molar-refractivity contribution >= 4 is 11.5 Å². The van der Waals surface area contributed by atoms with Crippen molar-refractivity contribution < 1.29 is 14.3 Å². The number of carbonyl (C=O) groups is 1. The van der Waals surface area contributed by atoms with Gasteiger partial charge in [-0.05, 0) is 23.8 Å². The van der Waals surface area contributed by atoms with Crippen LogP contribution in [0.1, 0.15) is 18.1 Å². The Kier molecular flexibility index (Phi) is 3.10. The first-order valence-electron chi connectivity index (χ1n) is 5.20. The second-order valence-corrected chi connectivity index (χ2v) is 3.65. The molecule has 0 unspecified atom stereocenters. The maximum atomic E-state index is 10.7. The molecule has 0 bridgehead atoms. The molecule has 1 aromatic carbocycles. The summed E-state index contributed by atoms with van der Waals surface area (Å²) < 4.78 is 10.3. The Morgan fingerprint density at radius 3 is 3.12 bits per heavy atom. The lowest BCUT2D eigenvalue weighted by Gasteiger charge is -2.15. The van der Waals surface area contributed by atoms with Crippen LogP contribution in [0.4, 0.5) is 0 Å². The fraction of sp³-hybridized carbons (Fsp3) is 0.231. The lowest BCUT2D eigenvalue weighted by Crippen LogP contribution is -2.05. The van der Waals surface area contributed by atoms with Crippen LogP contribution in [0.3, 0.4) is 0 Å². The molecule has 0 spiro atoms. The summed E-state index contributed by atoms with van der Waals surface area (Å²) in [6.45, 7) is 1.98. The molecule has 1 aliphatic rings. The van der Waals surface area contributed by atoms with Gasteiger partial charge >= 0.3 is 5.97 Å². The number of ether oxygens (including phenoxy) is 2. The number of rotatable bonds is 2. The Bertz CT molecular complexity index is 526. The lowest BCUT2D eigenvalue weighted by atomic mass is 10.0. The number of fused-ring (bicyclic) bond motifs is 1. The Labute approximate surface area is 99.1 Å². The summed E-state index contributed by atoms with van der Waals surface area (Å²) in [4.78, 5) is 10.7. The van der Waals surface area contributed by atoms with E-state index in [2.05, 4.69) is 6.07 Å². The van der Waals surface area contributed by atoms with Crippen LogP contribution in [0.2, 0.25) is 0 Å². The lowest BCUT2D eigenvalue weighted by molar-refractivity contribution is -0.142. The first kappa shape index (κ1) is 11.2. The molecule has 4 nitrogen and oxygen atoms in total. The number of nitrogens with zero attached hydrogens (tertiary/aromatic N) is 1. The van der Waals surface area contributed by atoms with Crippen molar-refractivity contribution in [1.82, 2.24) is 0 Å². The van der Waals surface area contributed by atoms with Gasteiger partial charge in [0.1, 0.15) is 19.0 Å². The third-order valence-corrected chi connectivity index (χ3v) is 2.43. The normalized spacial score (nSPS) is 12.8. The van der Waals surface area contributed by atoms with Crippen LogP contribution in [-0.4, -0.2) is 12.6 Å². The topological polar surface area (TPSA) is 59.3 Å². The summed E-state index contributed by atoms with van der Waals surface area (Å²) in [7, 11) is 0. The maximum absolute atomic E-state index is 10.7. The summed E-state index contributed by atoms with van der Waals surface area (Å²) in [5, 5.41) is 8.94. The van der Waals surface area contributed by atoms with Crippen molar-refractivity contribution in [1.29, 1.82) is 5.26 Å². The SMILES string of the molecule is CC(=O)OCc1ccc2c(c1)OCC=C2C#N. The highest BCUT2D eigenvalue weighted by molar-refractivity contribution is 5.81. The molecule has 4 heteroatoms. The van der Waals surface area contributed by atoms with Crippen molar-refractivity contribution in [3.63, 3.8) is 0 Å². The van der Waals surface area contributed by atoms with E-state index in [4.69, 9.17) is 14.7 Å². The van der Waals surface area contributed by atoms with Gasteiger partial charge in [0.15, 0.2) is 0 Å². The van der Waals surface area contributed by atoms with Crippen LogP contribution in [0, 0.1) is 11.3 Å². The van der Waals surface area contributed by atoms with Crippen LogP contribution in [0.25, 0.3) is 5.57 Å². The molecular weight excluding hydrogens is 218 g/mol. The molecule has 0 aromatic heterocycles. The molecule has 0 saturated heterocycles. The summed E-state index contributed by atoms with van der Waals surface area (Å²) >= 11 is 0. The molecule has 0 aliphatic carbocycles.